The Balaban J connectivity index is 1.36. The number of anilines is 2. The zero-order chi connectivity index (χ0) is 35.3. The van der Waals surface area contributed by atoms with Gasteiger partial charge >= 0.3 is 5.97 Å². The van der Waals surface area contributed by atoms with E-state index in [9.17, 15) is 9.59 Å². The minimum atomic E-state index is -0.451. The van der Waals surface area contributed by atoms with Gasteiger partial charge in [0.05, 0.1) is 5.56 Å². The van der Waals surface area contributed by atoms with Crippen LogP contribution in [0.3, 0.4) is 0 Å². The van der Waals surface area contributed by atoms with Gasteiger partial charge in [-0.1, -0.05) is 38.8 Å². The Morgan fingerprint density at radius 1 is 0.755 bits per heavy atom. The third kappa shape index (κ3) is 14.5. The molecular formula is C39H50N6O4. The second kappa shape index (κ2) is 21.5. The van der Waals surface area contributed by atoms with Crippen molar-refractivity contribution in [2.24, 2.45) is 10.7 Å². The van der Waals surface area contributed by atoms with Crippen LogP contribution in [0.2, 0.25) is 0 Å². The molecule has 0 aliphatic rings. The minimum absolute atomic E-state index is 0.0263. The van der Waals surface area contributed by atoms with E-state index in [0.717, 1.165) is 82.4 Å². The highest BCUT2D eigenvalue weighted by molar-refractivity contribution is 5.94. The number of ether oxygens (including phenoxy) is 2. The maximum atomic E-state index is 12.8. The topological polar surface area (TPSA) is 151 Å². The number of aryl methyl sites for hydroxylation is 1. The molecule has 0 aliphatic carbocycles. The number of nitrogens with zero attached hydrogens (tertiary/aromatic N) is 1. The molecule has 260 valence electrons. The highest BCUT2D eigenvalue weighted by atomic mass is 16.5. The number of carbonyl (C=O) groups excluding carboxylic acids is 2. The summed E-state index contributed by atoms with van der Waals surface area (Å²) in [5, 5.41) is 18.0. The second-order valence-electron chi connectivity index (χ2n) is 11.6. The van der Waals surface area contributed by atoms with Gasteiger partial charge < -0.3 is 31.2 Å². The molecule has 0 bridgehead atoms. The van der Waals surface area contributed by atoms with Gasteiger partial charge in [0.2, 0.25) is 11.8 Å². The van der Waals surface area contributed by atoms with E-state index in [1.807, 2.05) is 43.3 Å². The van der Waals surface area contributed by atoms with Crippen LogP contribution in [0.15, 0.2) is 97.0 Å². The molecule has 0 unspecified atom stereocenters. The molecule has 3 aromatic rings. The standard InChI is InChI=1S/C39H50N6O4/c1-4-36(40)44-26-12-8-6-10-24-42-32-18-14-30(15-19-32)38(41)48-34-22-23-35(29(3)28-34)49-39(47)31-16-20-33(21-17-31)43-25-11-7-9-13-27-45-37(46)5-2/h4-5,14-23,28,41-43H,1-2,6-13,24-27H2,3H3,(H2,40,44)(H,45,46). The van der Waals surface area contributed by atoms with Crippen LogP contribution in [0.1, 0.15) is 72.9 Å². The molecule has 0 aliphatic heterocycles. The van der Waals surface area contributed by atoms with E-state index in [-0.39, 0.29) is 11.8 Å². The Morgan fingerprint density at radius 2 is 1.33 bits per heavy atom. The number of amides is 1. The van der Waals surface area contributed by atoms with Crippen molar-refractivity contribution in [2.75, 3.05) is 36.8 Å². The van der Waals surface area contributed by atoms with E-state index in [1.54, 1.807) is 36.4 Å². The number of hydrogen-bond acceptors (Lipinski definition) is 8. The molecule has 0 saturated heterocycles. The normalized spacial score (nSPS) is 10.9. The van der Waals surface area contributed by atoms with Crippen LogP contribution in [0.25, 0.3) is 0 Å². The summed E-state index contributed by atoms with van der Waals surface area (Å²) in [5.74, 6) is 0.844. The molecule has 0 spiro atoms. The van der Waals surface area contributed by atoms with Gasteiger partial charge in [-0.05, 0) is 117 Å². The number of unbranched alkanes of at least 4 members (excludes halogenated alkanes) is 6. The first-order valence-electron chi connectivity index (χ1n) is 16.9. The van der Waals surface area contributed by atoms with Gasteiger partial charge in [0.1, 0.15) is 17.3 Å². The molecule has 0 aromatic heterocycles. The Hall–Kier alpha value is -5.38. The molecule has 0 saturated carbocycles. The summed E-state index contributed by atoms with van der Waals surface area (Å²) >= 11 is 0. The van der Waals surface area contributed by atoms with Crippen molar-refractivity contribution in [3.05, 3.63) is 109 Å². The predicted molar refractivity (Wildman–Crippen MR) is 200 cm³/mol. The number of hydrogen-bond donors (Lipinski definition) is 5. The van der Waals surface area contributed by atoms with Crippen LogP contribution in [0, 0.1) is 12.3 Å². The van der Waals surface area contributed by atoms with Gasteiger partial charge in [-0.25, -0.2) is 4.79 Å². The van der Waals surface area contributed by atoms with Gasteiger partial charge in [0.25, 0.3) is 0 Å². The zero-order valence-corrected chi connectivity index (χ0v) is 28.6. The maximum absolute atomic E-state index is 12.8. The summed E-state index contributed by atoms with van der Waals surface area (Å²) < 4.78 is 11.5. The van der Waals surface area contributed by atoms with Crippen molar-refractivity contribution in [1.29, 1.82) is 5.41 Å². The van der Waals surface area contributed by atoms with E-state index in [0.29, 0.717) is 40.6 Å². The number of nitrogens with two attached hydrogens (primary N) is 1. The number of aliphatic imine (C=N–C) groups is 1. The number of amidine groups is 1. The molecule has 0 heterocycles. The lowest BCUT2D eigenvalue weighted by atomic mass is 10.1. The highest BCUT2D eigenvalue weighted by Gasteiger charge is 2.12. The maximum Gasteiger partial charge on any atom is 0.343 e. The fourth-order valence-corrected chi connectivity index (χ4v) is 4.81. The molecule has 10 heteroatoms. The number of nitrogens with one attached hydrogen (secondary N) is 4. The molecular weight excluding hydrogens is 616 g/mol. The van der Waals surface area contributed by atoms with Crippen molar-refractivity contribution in [2.45, 2.75) is 58.3 Å². The summed E-state index contributed by atoms with van der Waals surface area (Å²) in [6.45, 7) is 12.0. The summed E-state index contributed by atoms with van der Waals surface area (Å²) in [4.78, 5) is 28.2. The average molecular weight is 667 g/mol. The summed E-state index contributed by atoms with van der Waals surface area (Å²) in [6, 6.07) is 19.9. The average Bonchev–Trinajstić information content (AvgIpc) is 3.11. The lowest BCUT2D eigenvalue weighted by molar-refractivity contribution is -0.116. The van der Waals surface area contributed by atoms with Crippen LogP contribution in [0.4, 0.5) is 11.4 Å². The molecule has 3 rings (SSSR count). The Labute approximate surface area is 290 Å². The first-order chi connectivity index (χ1) is 23.8. The lowest BCUT2D eigenvalue weighted by Gasteiger charge is -2.12. The molecule has 0 fully saturated rings. The number of benzene rings is 3. The quantitative estimate of drug-likeness (QED) is 0.0187. The number of esters is 1. The molecule has 6 N–H and O–H groups in total. The molecule has 10 nitrogen and oxygen atoms in total. The molecule has 0 radical (unpaired) electrons. The van der Waals surface area contributed by atoms with Crippen LogP contribution in [-0.4, -0.2) is 49.8 Å². The van der Waals surface area contributed by atoms with Crippen molar-refractivity contribution < 1.29 is 19.1 Å². The summed E-state index contributed by atoms with van der Waals surface area (Å²) in [5.41, 5.74) is 9.36. The number of rotatable bonds is 22. The second-order valence-corrected chi connectivity index (χ2v) is 11.6. The fourth-order valence-electron chi connectivity index (χ4n) is 4.81. The van der Waals surface area contributed by atoms with Crippen LogP contribution < -0.4 is 31.2 Å². The van der Waals surface area contributed by atoms with Gasteiger partial charge in [-0.2, -0.15) is 0 Å². The minimum Gasteiger partial charge on any atom is -0.439 e. The third-order valence-electron chi connectivity index (χ3n) is 7.67. The molecule has 0 atom stereocenters. The van der Waals surface area contributed by atoms with Crippen molar-refractivity contribution >= 4 is 35.0 Å². The zero-order valence-electron chi connectivity index (χ0n) is 28.6. The van der Waals surface area contributed by atoms with Crippen molar-refractivity contribution in [3.8, 4) is 11.5 Å². The summed E-state index contributed by atoms with van der Waals surface area (Å²) in [6.07, 6.45) is 11.2. The van der Waals surface area contributed by atoms with Gasteiger partial charge in [-0.15, -0.1) is 0 Å². The largest absolute Gasteiger partial charge is 0.439 e. The molecule has 3 aromatic carbocycles. The van der Waals surface area contributed by atoms with Gasteiger partial charge in [0.15, 0.2) is 0 Å². The SMILES string of the molecule is C=CC(=O)NCCCCCCNc1ccc(C(=O)Oc2ccc(OC(=N)c3ccc(NCCCCCCN=C(N)C=C)cc3)cc2C)cc1. The Morgan fingerprint density at radius 3 is 1.90 bits per heavy atom. The van der Waals surface area contributed by atoms with E-state index in [2.05, 4.69) is 34.1 Å². The smallest absolute Gasteiger partial charge is 0.343 e. The van der Waals surface area contributed by atoms with Crippen molar-refractivity contribution in [3.63, 3.8) is 0 Å². The summed E-state index contributed by atoms with van der Waals surface area (Å²) in [7, 11) is 0. The van der Waals surface area contributed by atoms with Crippen molar-refractivity contribution in [1.82, 2.24) is 5.32 Å². The lowest BCUT2D eigenvalue weighted by Crippen LogP contribution is -2.21. The first kappa shape index (κ1) is 38.1. The number of carbonyl (C=O) groups is 2. The Bertz CT molecular complexity index is 1550. The first-order valence-corrected chi connectivity index (χ1v) is 16.9. The Kier molecular flexibility index (Phi) is 16.7. The third-order valence-corrected chi connectivity index (χ3v) is 7.67. The van der Waals surface area contributed by atoms with E-state index in [4.69, 9.17) is 20.6 Å². The highest BCUT2D eigenvalue weighted by Crippen LogP contribution is 2.25. The monoisotopic (exact) mass is 666 g/mol. The van der Waals surface area contributed by atoms with Gasteiger partial charge in [-0.3, -0.25) is 15.2 Å². The fraction of sp³-hybridized carbons (Fsp3) is 0.333. The predicted octanol–water partition coefficient (Wildman–Crippen LogP) is 7.41. The van der Waals surface area contributed by atoms with Crippen LogP contribution in [-0.2, 0) is 4.79 Å². The van der Waals surface area contributed by atoms with Crippen LogP contribution >= 0.6 is 0 Å². The van der Waals surface area contributed by atoms with E-state index in [1.165, 1.54) is 6.08 Å². The van der Waals surface area contributed by atoms with Gasteiger partial charge in [0, 0.05) is 43.1 Å². The van der Waals surface area contributed by atoms with E-state index >= 15 is 0 Å². The van der Waals surface area contributed by atoms with E-state index < -0.39 is 5.97 Å². The molecule has 49 heavy (non-hydrogen) atoms. The van der Waals surface area contributed by atoms with Crippen LogP contribution in [0.5, 0.6) is 11.5 Å². The molecule has 1 amide bonds.